The zero-order valence-corrected chi connectivity index (χ0v) is 13.2. The van der Waals surface area contributed by atoms with E-state index in [1.54, 1.807) is 0 Å². The number of hydrogen-bond acceptors (Lipinski definition) is 7. The van der Waals surface area contributed by atoms with Gasteiger partial charge in [-0.2, -0.15) is 4.98 Å². The van der Waals surface area contributed by atoms with E-state index in [1.165, 1.54) is 12.8 Å². The van der Waals surface area contributed by atoms with Crippen LogP contribution in [-0.2, 0) is 19.5 Å². The van der Waals surface area contributed by atoms with E-state index in [9.17, 15) is 0 Å². The average molecular weight is 305 g/mol. The molecule has 1 aliphatic heterocycles. The Morgan fingerprint density at radius 1 is 1.36 bits per heavy atom. The number of aromatic nitrogens is 3. The molecule has 3 rings (SSSR count). The number of nitrogens with one attached hydrogen (secondary N) is 1. The van der Waals surface area contributed by atoms with E-state index in [2.05, 4.69) is 25.5 Å². The van der Waals surface area contributed by atoms with Crippen LogP contribution in [-0.4, -0.2) is 39.3 Å². The Labute approximate surface area is 130 Å². The average Bonchev–Trinajstić information content (AvgIpc) is 3.14. The molecule has 0 aromatic carbocycles. The SMILES string of the molecule is CCc1nc(CN2CCCC(NCc3cc(C)no3)C2)no1. The standard InChI is InChI=1S/C15H23N5O2/c1-3-15-17-14(19-22-15)10-20-6-4-5-12(9-20)16-8-13-7-11(2)18-21-13/h7,12,16H,3-6,8-10H2,1-2H3. The molecule has 3 heterocycles. The molecule has 1 aliphatic rings. The molecule has 7 nitrogen and oxygen atoms in total. The maximum Gasteiger partial charge on any atom is 0.226 e. The van der Waals surface area contributed by atoms with Crippen molar-refractivity contribution in [3.05, 3.63) is 29.2 Å². The lowest BCUT2D eigenvalue weighted by Crippen LogP contribution is -2.45. The van der Waals surface area contributed by atoms with Gasteiger partial charge in [0.1, 0.15) is 0 Å². The second-order valence-corrected chi connectivity index (χ2v) is 5.85. The van der Waals surface area contributed by atoms with Gasteiger partial charge in [0, 0.05) is 25.1 Å². The normalized spacial score (nSPS) is 19.6. The Kier molecular flexibility index (Phi) is 4.84. The van der Waals surface area contributed by atoms with Gasteiger partial charge in [-0.15, -0.1) is 0 Å². The maximum atomic E-state index is 5.23. The van der Waals surface area contributed by atoms with Crippen molar-refractivity contribution in [1.29, 1.82) is 0 Å². The number of likely N-dealkylation sites (tertiary alicyclic amines) is 1. The summed E-state index contributed by atoms with van der Waals surface area (Å²) in [7, 11) is 0. The molecule has 0 spiro atoms. The Hall–Kier alpha value is -1.73. The molecule has 1 unspecified atom stereocenters. The monoisotopic (exact) mass is 305 g/mol. The van der Waals surface area contributed by atoms with Crippen molar-refractivity contribution < 1.29 is 9.05 Å². The molecule has 0 saturated carbocycles. The molecule has 0 radical (unpaired) electrons. The fourth-order valence-corrected chi connectivity index (χ4v) is 2.81. The summed E-state index contributed by atoms with van der Waals surface area (Å²) < 4.78 is 10.4. The molecule has 0 aliphatic carbocycles. The molecule has 7 heteroatoms. The molecule has 2 aromatic rings. The van der Waals surface area contributed by atoms with Gasteiger partial charge in [0.05, 0.1) is 18.8 Å². The van der Waals surface area contributed by atoms with Gasteiger partial charge >= 0.3 is 0 Å². The number of rotatable bonds is 6. The van der Waals surface area contributed by atoms with Crippen LogP contribution in [0.1, 0.15) is 42.9 Å². The highest BCUT2D eigenvalue weighted by molar-refractivity contribution is 5.03. The third kappa shape index (κ3) is 3.92. The molecule has 2 aromatic heterocycles. The molecule has 1 N–H and O–H groups in total. The third-order valence-electron chi connectivity index (χ3n) is 3.92. The summed E-state index contributed by atoms with van der Waals surface area (Å²) in [5, 5.41) is 11.5. The van der Waals surface area contributed by atoms with Gasteiger partial charge in [-0.05, 0) is 26.3 Å². The van der Waals surface area contributed by atoms with Gasteiger partial charge in [0.25, 0.3) is 0 Å². The summed E-state index contributed by atoms with van der Waals surface area (Å²) in [6.07, 6.45) is 3.13. The summed E-state index contributed by atoms with van der Waals surface area (Å²) in [5.41, 5.74) is 0.922. The Morgan fingerprint density at radius 3 is 3.00 bits per heavy atom. The zero-order valence-electron chi connectivity index (χ0n) is 13.2. The van der Waals surface area contributed by atoms with Gasteiger partial charge in [-0.3, -0.25) is 4.90 Å². The second-order valence-electron chi connectivity index (χ2n) is 5.85. The van der Waals surface area contributed by atoms with E-state index in [-0.39, 0.29) is 0 Å². The number of aryl methyl sites for hydroxylation is 2. The summed E-state index contributed by atoms with van der Waals surface area (Å²) in [6.45, 7) is 7.50. The van der Waals surface area contributed by atoms with E-state index in [0.29, 0.717) is 11.9 Å². The van der Waals surface area contributed by atoms with Crippen LogP contribution in [0.4, 0.5) is 0 Å². The van der Waals surface area contributed by atoms with Gasteiger partial charge in [0.15, 0.2) is 11.6 Å². The van der Waals surface area contributed by atoms with Crippen LogP contribution in [0.2, 0.25) is 0 Å². The predicted octanol–water partition coefficient (Wildman–Crippen LogP) is 1.68. The molecule has 120 valence electrons. The first-order chi connectivity index (χ1) is 10.7. The van der Waals surface area contributed by atoms with Crippen molar-refractivity contribution in [2.75, 3.05) is 13.1 Å². The summed E-state index contributed by atoms with van der Waals surface area (Å²) in [6, 6.07) is 2.43. The highest BCUT2D eigenvalue weighted by atomic mass is 16.5. The smallest absolute Gasteiger partial charge is 0.226 e. The minimum Gasteiger partial charge on any atom is -0.360 e. The highest BCUT2D eigenvalue weighted by Crippen LogP contribution is 2.13. The second kappa shape index (κ2) is 7.02. The van der Waals surface area contributed by atoms with Crippen molar-refractivity contribution in [3.8, 4) is 0 Å². The number of piperidine rings is 1. The Balaban J connectivity index is 1.48. The van der Waals surface area contributed by atoms with Crippen LogP contribution in [0.25, 0.3) is 0 Å². The maximum absolute atomic E-state index is 5.23. The van der Waals surface area contributed by atoms with Gasteiger partial charge < -0.3 is 14.4 Å². The van der Waals surface area contributed by atoms with Crippen molar-refractivity contribution in [1.82, 2.24) is 25.5 Å². The van der Waals surface area contributed by atoms with E-state index >= 15 is 0 Å². The topological polar surface area (TPSA) is 80.2 Å². The van der Waals surface area contributed by atoms with E-state index in [0.717, 1.165) is 49.9 Å². The molecule has 1 fully saturated rings. The Bertz CT molecular complexity index is 594. The molecular formula is C15H23N5O2. The van der Waals surface area contributed by atoms with Crippen LogP contribution in [0.3, 0.4) is 0 Å². The minimum atomic E-state index is 0.455. The molecule has 0 bridgehead atoms. The van der Waals surface area contributed by atoms with Crippen molar-refractivity contribution in [3.63, 3.8) is 0 Å². The van der Waals surface area contributed by atoms with Crippen molar-refractivity contribution in [2.24, 2.45) is 0 Å². The first-order valence-corrected chi connectivity index (χ1v) is 7.92. The van der Waals surface area contributed by atoms with Gasteiger partial charge in [-0.25, -0.2) is 0 Å². The van der Waals surface area contributed by atoms with Gasteiger partial charge in [-0.1, -0.05) is 17.2 Å². The fourth-order valence-electron chi connectivity index (χ4n) is 2.81. The Morgan fingerprint density at radius 2 is 2.27 bits per heavy atom. The first-order valence-electron chi connectivity index (χ1n) is 7.92. The van der Waals surface area contributed by atoms with Crippen LogP contribution >= 0.6 is 0 Å². The largest absolute Gasteiger partial charge is 0.360 e. The minimum absolute atomic E-state index is 0.455. The lowest BCUT2D eigenvalue weighted by Gasteiger charge is -2.32. The third-order valence-corrected chi connectivity index (χ3v) is 3.92. The highest BCUT2D eigenvalue weighted by Gasteiger charge is 2.21. The molecule has 1 saturated heterocycles. The summed E-state index contributed by atoms with van der Waals surface area (Å²) in [4.78, 5) is 6.75. The predicted molar refractivity (Wildman–Crippen MR) is 80.1 cm³/mol. The van der Waals surface area contributed by atoms with Crippen molar-refractivity contribution >= 4 is 0 Å². The number of hydrogen-bond donors (Lipinski definition) is 1. The van der Waals surface area contributed by atoms with E-state index in [1.807, 2.05) is 19.9 Å². The van der Waals surface area contributed by atoms with E-state index < -0.39 is 0 Å². The van der Waals surface area contributed by atoms with Crippen LogP contribution in [0.5, 0.6) is 0 Å². The molecule has 22 heavy (non-hydrogen) atoms. The lowest BCUT2D eigenvalue weighted by molar-refractivity contribution is 0.175. The van der Waals surface area contributed by atoms with Crippen LogP contribution < -0.4 is 5.32 Å². The summed E-state index contributed by atoms with van der Waals surface area (Å²) in [5.74, 6) is 2.38. The van der Waals surface area contributed by atoms with E-state index in [4.69, 9.17) is 9.05 Å². The number of nitrogens with zero attached hydrogens (tertiary/aromatic N) is 4. The molecule has 1 atom stereocenters. The first kappa shape index (κ1) is 15.2. The molecular weight excluding hydrogens is 282 g/mol. The van der Waals surface area contributed by atoms with Crippen molar-refractivity contribution in [2.45, 2.75) is 52.2 Å². The van der Waals surface area contributed by atoms with Crippen LogP contribution in [0, 0.1) is 6.92 Å². The quantitative estimate of drug-likeness (QED) is 0.869. The lowest BCUT2D eigenvalue weighted by atomic mass is 10.1. The fraction of sp³-hybridized carbons (Fsp3) is 0.667. The zero-order chi connectivity index (χ0) is 15.4. The van der Waals surface area contributed by atoms with Crippen LogP contribution in [0.15, 0.2) is 15.1 Å². The molecule has 0 amide bonds. The van der Waals surface area contributed by atoms with Gasteiger partial charge in [0.2, 0.25) is 5.89 Å². The summed E-state index contributed by atoms with van der Waals surface area (Å²) >= 11 is 0.